The Morgan fingerprint density at radius 2 is 2.27 bits per heavy atom. The molecule has 0 saturated heterocycles. The lowest BCUT2D eigenvalue weighted by atomic mass is 10.3. The van der Waals surface area contributed by atoms with E-state index in [1.54, 1.807) is 13.0 Å². The third-order valence-electron chi connectivity index (χ3n) is 2.41. The van der Waals surface area contributed by atoms with E-state index in [4.69, 9.17) is 5.11 Å². The van der Waals surface area contributed by atoms with Crippen molar-refractivity contribution >= 4 is 5.97 Å². The Labute approximate surface area is 84.0 Å². The zero-order chi connectivity index (χ0) is 11.2. The SMILES string of the molecule is Cc1ccnc([C@@H]2[C@@H](C(=O)O)C2(F)F)n1. The Kier molecular flexibility index (Phi) is 1.95. The van der Waals surface area contributed by atoms with E-state index in [0.29, 0.717) is 5.69 Å². The van der Waals surface area contributed by atoms with Crippen molar-refractivity contribution in [1.82, 2.24) is 9.97 Å². The molecule has 0 spiro atoms. The molecule has 1 aliphatic rings. The summed E-state index contributed by atoms with van der Waals surface area (Å²) in [6.45, 7) is 1.64. The van der Waals surface area contributed by atoms with E-state index < -0.39 is 23.7 Å². The smallest absolute Gasteiger partial charge is 0.313 e. The second-order valence-electron chi connectivity index (χ2n) is 3.52. The number of carboxylic acids is 1. The molecule has 0 amide bonds. The molecule has 15 heavy (non-hydrogen) atoms. The van der Waals surface area contributed by atoms with E-state index in [9.17, 15) is 13.6 Å². The number of aliphatic carboxylic acids is 1. The first-order valence-electron chi connectivity index (χ1n) is 4.34. The lowest BCUT2D eigenvalue weighted by Gasteiger charge is -1.97. The molecule has 0 aliphatic heterocycles. The summed E-state index contributed by atoms with van der Waals surface area (Å²) in [6, 6.07) is 1.57. The van der Waals surface area contributed by atoms with Crippen LogP contribution in [0.5, 0.6) is 0 Å². The van der Waals surface area contributed by atoms with Crippen LogP contribution in [0.3, 0.4) is 0 Å². The van der Waals surface area contributed by atoms with Gasteiger partial charge >= 0.3 is 5.97 Å². The van der Waals surface area contributed by atoms with Gasteiger partial charge < -0.3 is 5.11 Å². The largest absolute Gasteiger partial charge is 0.481 e. The first-order chi connectivity index (χ1) is 6.94. The van der Waals surface area contributed by atoms with Crippen molar-refractivity contribution in [1.29, 1.82) is 0 Å². The molecule has 1 saturated carbocycles. The lowest BCUT2D eigenvalue weighted by molar-refractivity contribution is -0.140. The van der Waals surface area contributed by atoms with Crippen molar-refractivity contribution in [2.24, 2.45) is 5.92 Å². The summed E-state index contributed by atoms with van der Waals surface area (Å²) >= 11 is 0. The highest BCUT2D eigenvalue weighted by molar-refractivity contribution is 5.77. The standard InChI is InChI=1S/C9H8F2N2O2/c1-4-2-3-12-7(13-4)5-6(8(14)15)9(5,10)11/h2-3,5-6H,1H3,(H,14,15)/t5-,6-/m0/s1. The molecule has 1 aromatic rings. The number of carboxylic acid groups (broad SMARTS) is 1. The molecule has 2 rings (SSSR count). The highest BCUT2D eigenvalue weighted by Gasteiger charge is 2.74. The van der Waals surface area contributed by atoms with Gasteiger partial charge in [-0.2, -0.15) is 0 Å². The van der Waals surface area contributed by atoms with Crippen LogP contribution in [-0.2, 0) is 4.79 Å². The number of rotatable bonds is 2. The molecule has 0 aromatic carbocycles. The fourth-order valence-corrected chi connectivity index (χ4v) is 1.57. The minimum absolute atomic E-state index is 0.0904. The molecule has 0 bridgehead atoms. The molecule has 1 N–H and O–H groups in total. The summed E-state index contributed by atoms with van der Waals surface area (Å²) in [5.41, 5.74) is 0.548. The molecule has 1 aromatic heterocycles. The number of alkyl halides is 2. The maximum atomic E-state index is 13.1. The third-order valence-corrected chi connectivity index (χ3v) is 2.41. The Morgan fingerprint density at radius 3 is 2.73 bits per heavy atom. The minimum Gasteiger partial charge on any atom is -0.481 e. The van der Waals surface area contributed by atoms with Gasteiger partial charge in [0.25, 0.3) is 5.92 Å². The zero-order valence-electron chi connectivity index (χ0n) is 7.82. The number of carbonyl (C=O) groups is 1. The average Bonchev–Trinajstić information content (AvgIpc) is 2.69. The second-order valence-corrected chi connectivity index (χ2v) is 3.52. The van der Waals surface area contributed by atoms with Crippen molar-refractivity contribution in [2.45, 2.75) is 18.8 Å². The number of halogens is 2. The van der Waals surface area contributed by atoms with Gasteiger partial charge in [-0.1, -0.05) is 0 Å². The van der Waals surface area contributed by atoms with Crippen LogP contribution in [0.1, 0.15) is 17.4 Å². The van der Waals surface area contributed by atoms with Crippen molar-refractivity contribution in [3.05, 3.63) is 23.8 Å². The molecule has 0 radical (unpaired) electrons. The van der Waals surface area contributed by atoms with E-state index in [-0.39, 0.29) is 5.82 Å². The van der Waals surface area contributed by atoms with Gasteiger partial charge in [0.2, 0.25) is 0 Å². The van der Waals surface area contributed by atoms with Crippen LogP contribution in [0.25, 0.3) is 0 Å². The number of aryl methyl sites for hydroxylation is 1. The first-order valence-corrected chi connectivity index (χ1v) is 4.34. The topological polar surface area (TPSA) is 63.1 Å². The maximum Gasteiger partial charge on any atom is 0.313 e. The fourth-order valence-electron chi connectivity index (χ4n) is 1.57. The van der Waals surface area contributed by atoms with Crippen molar-refractivity contribution in [2.75, 3.05) is 0 Å². The van der Waals surface area contributed by atoms with E-state index in [0.717, 1.165) is 0 Å². The zero-order valence-corrected chi connectivity index (χ0v) is 7.82. The number of hydrogen-bond acceptors (Lipinski definition) is 3. The number of aromatic nitrogens is 2. The van der Waals surface area contributed by atoms with Crippen LogP contribution < -0.4 is 0 Å². The predicted octanol–water partition coefficient (Wildman–Crippen LogP) is 1.22. The van der Waals surface area contributed by atoms with Crippen molar-refractivity contribution < 1.29 is 18.7 Å². The fraction of sp³-hybridized carbons (Fsp3) is 0.444. The lowest BCUT2D eigenvalue weighted by Crippen LogP contribution is -2.04. The van der Waals surface area contributed by atoms with Gasteiger partial charge in [0, 0.05) is 11.9 Å². The second kappa shape index (κ2) is 2.95. The minimum atomic E-state index is -3.22. The van der Waals surface area contributed by atoms with Gasteiger partial charge in [-0.3, -0.25) is 4.79 Å². The molecule has 1 fully saturated rings. The summed E-state index contributed by atoms with van der Waals surface area (Å²) in [4.78, 5) is 18.0. The molecule has 4 nitrogen and oxygen atoms in total. The van der Waals surface area contributed by atoms with E-state index >= 15 is 0 Å². The molecule has 0 unspecified atom stereocenters. The van der Waals surface area contributed by atoms with Crippen molar-refractivity contribution in [3.8, 4) is 0 Å². The molecule has 6 heteroatoms. The Morgan fingerprint density at radius 1 is 1.60 bits per heavy atom. The average molecular weight is 214 g/mol. The number of nitrogens with zero attached hydrogens (tertiary/aromatic N) is 2. The monoisotopic (exact) mass is 214 g/mol. The van der Waals surface area contributed by atoms with Gasteiger partial charge in [0.05, 0.1) is 0 Å². The predicted molar refractivity (Wildman–Crippen MR) is 45.6 cm³/mol. The highest BCUT2D eigenvalue weighted by atomic mass is 19.3. The van der Waals surface area contributed by atoms with Crippen LogP contribution in [0.15, 0.2) is 12.3 Å². The summed E-state index contributed by atoms with van der Waals surface area (Å²) < 4.78 is 26.1. The summed E-state index contributed by atoms with van der Waals surface area (Å²) in [5, 5.41) is 8.55. The Bertz CT molecular complexity index is 422. The number of hydrogen-bond donors (Lipinski definition) is 1. The normalized spacial score (nSPS) is 27.4. The van der Waals surface area contributed by atoms with E-state index in [1.807, 2.05) is 0 Å². The molecule has 1 heterocycles. The maximum absolute atomic E-state index is 13.1. The quantitative estimate of drug-likeness (QED) is 0.803. The molecular weight excluding hydrogens is 206 g/mol. The van der Waals surface area contributed by atoms with Crippen LogP contribution in [0.4, 0.5) is 8.78 Å². The van der Waals surface area contributed by atoms with Crippen molar-refractivity contribution in [3.63, 3.8) is 0 Å². The Balaban J connectivity index is 2.31. The molecule has 80 valence electrons. The van der Waals surface area contributed by atoms with Crippen LogP contribution in [0, 0.1) is 12.8 Å². The molecular formula is C9H8F2N2O2. The molecule has 1 aliphatic carbocycles. The van der Waals surface area contributed by atoms with Gasteiger partial charge in [0.1, 0.15) is 17.7 Å². The van der Waals surface area contributed by atoms with Gasteiger partial charge in [-0.25, -0.2) is 18.7 Å². The summed E-state index contributed by atoms with van der Waals surface area (Å²) in [6.07, 6.45) is 1.35. The summed E-state index contributed by atoms with van der Waals surface area (Å²) in [7, 11) is 0. The summed E-state index contributed by atoms with van der Waals surface area (Å²) in [5.74, 6) is -7.88. The van der Waals surface area contributed by atoms with Gasteiger partial charge in [0.15, 0.2) is 0 Å². The van der Waals surface area contributed by atoms with Crippen LogP contribution in [-0.4, -0.2) is 27.0 Å². The Hall–Kier alpha value is -1.59. The highest BCUT2D eigenvalue weighted by Crippen LogP contribution is 2.60. The van der Waals surface area contributed by atoms with Crippen LogP contribution >= 0.6 is 0 Å². The van der Waals surface area contributed by atoms with Gasteiger partial charge in [-0.15, -0.1) is 0 Å². The first kappa shape index (κ1) is 9.95. The van der Waals surface area contributed by atoms with E-state index in [1.165, 1.54) is 6.20 Å². The van der Waals surface area contributed by atoms with Crippen LogP contribution in [0.2, 0.25) is 0 Å². The van der Waals surface area contributed by atoms with E-state index in [2.05, 4.69) is 9.97 Å². The molecule has 2 atom stereocenters. The third kappa shape index (κ3) is 1.45. The van der Waals surface area contributed by atoms with Gasteiger partial charge in [-0.05, 0) is 13.0 Å².